The molecule has 262 valence electrons. The number of piperidine rings is 2. The van der Waals surface area contributed by atoms with Gasteiger partial charge in [0.15, 0.2) is 0 Å². The topological polar surface area (TPSA) is 147 Å². The highest BCUT2D eigenvalue weighted by molar-refractivity contribution is 6.05. The van der Waals surface area contributed by atoms with E-state index in [1.807, 2.05) is 20.0 Å². The molecule has 0 spiro atoms. The van der Waals surface area contributed by atoms with Gasteiger partial charge in [0.1, 0.15) is 17.7 Å². The first-order valence-electron chi connectivity index (χ1n) is 17.5. The average molecular weight is 676 g/mol. The van der Waals surface area contributed by atoms with Crippen molar-refractivity contribution in [2.24, 2.45) is 11.7 Å². The Balaban J connectivity index is 0.898. The number of urea groups is 1. The molecule has 5 amide bonds. The fourth-order valence-corrected chi connectivity index (χ4v) is 8.19. The number of carbonyl (C=O) groups is 4. The quantitative estimate of drug-likeness (QED) is 0.389. The third kappa shape index (κ3) is 6.43. The lowest BCUT2D eigenvalue weighted by molar-refractivity contribution is -0.136. The van der Waals surface area contributed by atoms with Crippen molar-refractivity contribution >= 4 is 35.3 Å². The second kappa shape index (κ2) is 13.2. The lowest BCUT2D eigenvalue weighted by Crippen LogP contribution is -2.63. The molecule has 2 aromatic rings. The highest BCUT2D eigenvalue weighted by Gasteiger charge is 2.42. The van der Waals surface area contributed by atoms with E-state index in [0.29, 0.717) is 48.9 Å². The molecule has 13 nitrogen and oxygen atoms in total. The molecule has 1 aromatic heterocycles. The Labute approximate surface area is 285 Å². The van der Waals surface area contributed by atoms with E-state index in [1.54, 1.807) is 11.0 Å². The van der Waals surface area contributed by atoms with Crippen molar-refractivity contribution in [2.45, 2.75) is 63.7 Å². The molecular formula is C35H46FN9O4. The molecule has 4 saturated heterocycles. The highest BCUT2D eigenvalue weighted by Crippen LogP contribution is 2.34. The van der Waals surface area contributed by atoms with Crippen LogP contribution in [0.5, 0.6) is 0 Å². The molecule has 3 atom stereocenters. The number of carbonyl (C=O) groups excluding carboxylic acids is 4. The van der Waals surface area contributed by atoms with E-state index in [0.717, 1.165) is 56.9 Å². The Bertz CT molecular complexity index is 1620. The summed E-state index contributed by atoms with van der Waals surface area (Å²) in [5, 5.41) is 5.78. The van der Waals surface area contributed by atoms with Crippen molar-refractivity contribution in [1.82, 2.24) is 30.3 Å². The zero-order chi connectivity index (χ0) is 34.4. The van der Waals surface area contributed by atoms with Gasteiger partial charge in [-0.25, -0.2) is 14.2 Å². The number of fused-ring (bicyclic) bond motifs is 1. The number of nitrogens with two attached hydrogens (primary N) is 1. The number of amides is 5. The largest absolute Gasteiger partial charge is 0.367 e. The number of benzene rings is 1. The summed E-state index contributed by atoms with van der Waals surface area (Å²) < 4.78 is 15.4. The Morgan fingerprint density at radius 3 is 2.47 bits per heavy atom. The van der Waals surface area contributed by atoms with Crippen molar-refractivity contribution in [3.63, 3.8) is 0 Å². The fraction of sp³-hybridized carbons (Fsp3) is 0.571. The van der Waals surface area contributed by atoms with Gasteiger partial charge >= 0.3 is 6.03 Å². The molecule has 5 aliphatic rings. The van der Waals surface area contributed by atoms with Gasteiger partial charge in [0.05, 0.1) is 11.2 Å². The molecule has 4 N–H and O–H groups in total. The molecule has 1 aromatic carbocycles. The van der Waals surface area contributed by atoms with Crippen LogP contribution in [0.25, 0.3) is 0 Å². The van der Waals surface area contributed by atoms with Crippen LogP contribution in [-0.4, -0.2) is 114 Å². The number of nitrogens with one attached hydrogen (secondary N) is 2. The molecule has 0 bridgehead atoms. The van der Waals surface area contributed by atoms with Crippen LogP contribution in [0.1, 0.15) is 61.0 Å². The van der Waals surface area contributed by atoms with E-state index < -0.39 is 29.3 Å². The summed E-state index contributed by atoms with van der Waals surface area (Å²) in [6.07, 6.45) is 4.47. The molecule has 2 unspecified atom stereocenters. The summed E-state index contributed by atoms with van der Waals surface area (Å²) in [6, 6.07) is 6.24. The van der Waals surface area contributed by atoms with Gasteiger partial charge in [-0.2, -0.15) is 0 Å². The van der Waals surface area contributed by atoms with Crippen LogP contribution in [0.15, 0.2) is 30.5 Å². The summed E-state index contributed by atoms with van der Waals surface area (Å²) >= 11 is 0. The molecule has 5 aliphatic heterocycles. The lowest BCUT2D eigenvalue weighted by atomic mass is 9.88. The fourth-order valence-electron chi connectivity index (χ4n) is 8.19. The van der Waals surface area contributed by atoms with Crippen molar-refractivity contribution in [1.29, 1.82) is 0 Å². The maximum atomic E-state index is 15.4. The first kappa shape index (κ1) is 33.2. The third-order valence-electron chi connectivity index (χ3n) is 11.2. The molecule has 49 heavy (non-hydrogen) atoms. The van der Waals surface area contributed by atoms with Crippen molar-refractivity contribution in [3.05, 3.63) is 53.0 Å². The van der Waals surface area contributed by atoms with Gasteiger partial charge in [0, 0.05) is 89.7 Å². The van der Waals surface area contributed by atoms with Gasteiger partial charge in [-0.1, -0.05) is 6.07 Å². The SMILES string of the molecule is CC1CN(C(N)=O)C(C)(c2ccc(N3CCC(CN4CCN(c5cc6c(cc5F)C(=O)N([C@H]5CCC(=O)NC5=O)C6)CC4)CC3)nc2)CN1. The Morgan fingerprint density at radius 2 is 1.80 bits per heavy atom. The summed E-state index contributed by atoms with van der Waals surface area (Å²) in [4.78, 5) is 64.1. The van der Waals surface area contributed by atoms with Crippen LogP contribution in [0.2, 0.25) is 0 Å². The number of hydrogen-bond donors (Lipinski definition) is 3. The van der Waals surface area contributed by atoms with Crippen molar-refractivity contribution in [3.8, 4) is 0 Å². The minimum absolute atomic E-state index is 0.181. The predicted octanol–water partition coefficient (Wildman–Crippen LogP) is 1.61. The second-order valence-electron chi connectivity index (χ2n) is 14.5. The van der Waals surface area contributed by atoms with Crippen molar-refractivity contribution < 1.29 is 23.6 Å². The van der Waals surface area contributed by atoms with E-state index in [4.69, 9.17) is 10.7 Å². The summed E-state index contributed by atoms with van der Waals surface area (Å²) in [7, 11) is 0. The number of anilines is 2. The summed E-state index contributed by atoms with van der Waals surface area (Å²) in [5.41, 5.74) is 7.66. The maximum absolute atomic E-state index is 15.4. The number of primary amides is 1. The number of pyridine rings is 1. The Hall–Kier alpha value is -4.30. The molecule has 14 heteroatoms. The van der Waals surface area contributed by atoms with Crippen LogP contribution < -0.4 is 26.2 Å². The Kier molecular flexibility index (Phi) is 8.94. The maximum Gasteiger partial charge on any atom is 0.315 e. The monoisotopic (exact) mass is 675 g/mol. The number of hydrogen-bond acceptors (Lipinski definition) is 9. The minimum Gasteiger partial charge on any atom is -0.367 e. The minimum atomic E-state index is -0.718. The zero-order valence-electron chi connectivity index (χ0n) is 28.3. The van der Waals surface area contributed by atoms with E-state index in [-0.39, 0.29) is 37.2 Å². The molecule has 0 saturated carbocycles. The van der Waals surface area contributed by atoms with Crippen LogP contribution in [0.3, 0.4) is 0 Å². The van der Waals surface area contributed by atoms with Gasteiger partial charge in [0.2, 0.25) is 11.8 Å². The summed E-state index contributed by atoms with van der Waals surface area (Å²) in [5.74, 6) is -0.0797. The number of piperazine rings is 2. The second-order valence-corrected chi connectivity index (χ2v) is 14.5. The molecule has 6 heterocycles. The van der Waals surface area contributed by atoms with Crippen LogP contribution in [0.4, 0.5) is 20.7 Å². The predicted molar refractivity (Wildman–Crippen MR) is 181 cm³/mol. The normalized spacial score (nSPS) is 27.0. The number of rotatable bonds is 6. The molecular weight excluding hydrogens is 629 g/mol. The zero-order valence-corrected chi connectivity index (χ0v) is 28.3. The van der Waals surface area contributed by atoms with E-state index in [2.05, 4.69) is 37.5 Å². The van der Waals surface area contributed by atoms with E-state index in [9.17, 15) is 19.2 Å². The van der Waals surface area contributed by atoms with Crippen LogP contribution in [0, 0.1) is 11.7 Å². The number of nitrogens with zero attached hydrogens (tertiary/aromatic N) is 6. The van der Waals surface area contributed by atoms with Crippen molar-refractivity contribution in [2.75, 3.05) is 68.7 Å². The third-order valence-corrected chi connectivity index (χ3v) is 11.2. The van der Waals surface area contributed by atoms with E-state index in [1.165, 1.54) is 11.0 Å². The number of imide groups is 1. The van der Waals surface area contributed by atoms with E-state index >= 15 is 4.39 Å². The molecule has 0 aliphatic carbocycles. The van der Waals surface area contributed by atoms with Crippen LogP contribution >= 0.6 is 0 Å². The van der Waals surface area contributed by atoms with Gasteiger partial charge in [-0.3, -0.25) is 24.6 Å². The van der Waals surface area contributed by atoms with Crippen LogP contribution in [-0.2, 0) is 21.7 Å². The van der Waals surface area contributed by atoms with Gasteiger partial charge < -0.3 is 30.7 Å². The van der Waals surface area contributed by atoms with Gasteiger partial charge in [-0.05, 0) is 68.4 Å². The van der Waals surface area contributed by atoms with Gasteiger partial charge in [-0.15, -0.1) is 0 Å². The number of aromatic nitrogens is 1. The molecule has 4 fully saturated rings. The standard InChI is InChI=1S/C35H46FN9O4/c1-22-18-45(34(37)49)35(2,21-39-22)25-3-5-30(38-17-25)43-9-7-23(8-10-43)19-41-11-13-42(14-12-41)29-15-24-20-44(33(48)26(24)16-27(29)36)28-4-6-31(46)40-32(28)47/h3,5,15-17,22-23,28,39H,4,6-14,18-21H2,1-2H3,(H2,37,49)(H,40,46,47)/t22?,28-,35?/m0/s1. The van der Waals surface area contributed by atoms with Gasteiger partial charge in [0.25, 0.3) is 5.91 Å². The smallest absolute Gasteiger partial charge is 0.315 e. The molecule has 0 radical (unpaired) electrons. The Morgan fingerprint density at radius 1 is 1.04 bits per heavy atom. The first-order chi connectivity index (χ1) is 23.5. The highest BCUT2D eigenvalue weighted by atomic mass is 19.1. The lowest BCUT2D eigenvalue weighted by Gasteiger charge is -2.46. The average Bonchev–Trinajstić information content (AvgIpc) is 3.40. The number of halogens is 1. The molecule has 7 rings (SSSR count). The summed E-state index contributed by atoms with van der Waals surface area (Å²) in [6.45, 7) is 11.4. The first-order valence-corrected chi connectivity index (χ1v) is 17.5.